The smallest absolute Gasteiger partial charge is 0.221 e. The third kappa shape index (κ3) is 8.17. The Morgan fingerprint density at radius 2 is 2.15 bits per heavy atom. The Labute approximate surface area is 129 Å². The van der Waals surface area contributed by atoms with Gasteiger partial charge >= 0.3 is 0 Å². The monoisotopic (exact) mass is 342 g/mol. The molecule has 0 aliphatic rings. The van der Waals surface area contributed by atoms with Gasteiger partial charge in [0.1, 0.15) is 12.4 Å². The van der Waals surface area contributed by atoms with E-state index >= 15 is 0 Å². The number of carbonyl (C=O) groups is 1. The average molecular weight is 343 g/mol. The van der Waals surface area contributed by atoms with Gasteiger partial charge in [-0.05, 0) is 24.1 Å². The number of hydrogen-bond donors (Lipinski definition) is 2. The van der Waals surface area contributed by atoms with Crippen LogP contribution in [0.15, 0.2) is 28.7 Å². The molecule has 5 heteroatoms. The van der Waals surface area contributed by atoms with E-state index in [1.54, 1.807) is 0 Å². The molecule has 0 radical (unpaired) electrons. The third-order valence-corrected chi connectivity index (χ3v) is 3.07. The minimum atomic E-state index is 0.0964. The molecule has 20 heavy (non-hydrogen) atoms. The molecule has 0 saturated carbocycles. The molecule has 0 saturated heterocycles. The van der Waals surface area contributed by atoms with Gasteiger partial charge in [-0.2, -0.15) is 0 Å². The van der Waals surface area contributed by atoms with E-state index < -0.39 is 0 Å². The van der Waals surface area contributed by atoms with Crippen molar-refractivity contribution >= 4 is 21.8 Å². The number of benzene rings is 1. The molecule has 0 aliphatic heterocycles. The molecule has 1 rings (SSSR count). The number of rotatable bonds is 9. The molecule has 0 heterocycles. The standard InChI is InChI=1S/C15H23BrN2O2/c1-12(2)11-18-15(19)6-7-17-8-9-20-14-5-3-4-13(16)10-14/h3-5,10,12,17H,6-9,11H2,1-2H3,(H,18,19). The quantitative estimate of drug-likeness (QED) is 0.678. The second-order valence-electron chi connectivity index (χ2n) is 5.00. The predicted molar refractivity (Wildman–Crippen MR) is 85.0 cm³/mol. The van der Waals surface area contributed by atoms with E-state index in [9.17, 15) is 4.79 Å². The molecule has 0 unspecified atom stereocenters. The highest BCUT2D eigenvalue weighted by Crippen LogP contribution is 2.17. The molecule has 0 bridgehead atoms. The molecule has 2 N–H and O–H groups in total. The van der Waals surface area contributed by atoms with Gasteiger partial charge in [-0.3, -0.25) is 4.79 Å². The molecule has 4 nitrogen and oxygen atoms in total. The van der Waals surface area contributed by atoms with Gasteiger partial charge < -0.3 is 15.4 Å². The largest absolute Gasteiger partial charge is 0.492 e. The maximum atomic E-state index is 11.5. The lowest BCUT2D eigenvalue weighted by Crippen LogP contribution is -2.31. The van der Waals surface area contributed by atoms with Crippen LogP contribution in [0, 0.1) is 5.92 Å². The highest BCUT2D eigenvalue weighted by atomic mass is 79.9. The summed E-state index contributed by atoms with van der Waals surface area (Å²) in [5.41, 5.74) is 0. The first-order valence-electron chi connectivity index (χ1n) is 6.93. The molecule has 112 valence electrons. The Morgan fingerprint density at radius 3 is 2.85 bits per heavy atom. The predicted octanol–water partition coefficient (Wildman–Crippen LogP) is 2.58. The summed E-state index contributed by atoms with van der Waals surface area (Å²) in [4.78, 5) is 11.5. The van der Waals surface area contributed by atoms with E-state index in [2.05, 4.69) is 40.4 Å². The summed E-state index contributed by atoms with van der Waals surface area (Å²) in [6.45, 7) is 6.89. The van der Waals surface area contributed by atoms with E-state index in [-0.39, 0.29) is 5.91 Å². The van der Waals surface area contributed by atoms with Crippen LogP contribution >= 0.6 is 15.9 Å². The molecule has 1 aromatic rings. The van der Waals surface area contributed by atoms with E-state index in [1.165, 1.54) is 0 Å². The van der Waals surface area contributed by atoms with E-state index in [1.807, 2.05) is 24.3 Å². The Morgan fingerprint density at radius 1 is 1.35 bits per heavy atom. The van der Waals surface area contributed by atoms with Crippen LogP contribution in [-0.2, 0) is 4.79 Å². The number of amides is 1. The summed E-state index contributed by atoms with van der Waals surface area (Å²) in [5, 5.41) is 6.08. The summed E-state index contributed by atoms with van der Waals surface area (Å²) in [5.74, 6) is 1.43. The highest BCUT2D eigenvalue weighted by molar-refractivity contribution is 9.10. The van der Waals surface area contributed by atoms with Crippen molar-refractivity contribution in [2.75, 3.05) is 26.2 Å². The number of nitrogens with one attached hydrogen (secondary N) is 2. The first kappa shape index (κ1) is 17.0. The van der Waals surface area contributed by atoms with Gasteiger partial charge in [-0.25, -0.2) is 0 Å². The van der Waals surface area contributed by atoms with E-state index in [0.29, 0.717) is 25.5 Å². The Hall–Kier alpha value is -1.07. The Bertz CT molecular complexity index is 411. The SMILES string of the molecule is CC(C)CNC(=O)CCNCCOc1cccc(Br)c1. The van der Waals surface area contributed by atoms with Crippen LogP contribution in [0.2, 0.25) is 0 Å². The van der Waals surface area contributed by atoms with Crippen molar-refractivity contribution in [3.63, 3.8) is 0 Å². The van der Waals surface area contributed by atoms with Gasteiger partial charge in [0, 0.05) is 30.5 Å². The van der Waals surface area contributed by atoms with Crippen LogP contribution in [0.5, 0.6) is 5.75 Å². The van der Waals surface area contributed by atoms with E-state index in [4.69, 9.17) is 4.74 Å². The molecule has 0 atom stereocenters. The molecular weight excluding hydrogens is 320 g/mol. The van der Waals surface area contributed by atoms with Gasteiger partial charge in [0.25, 0.3) is 0 Å². The number of halogens is 1. The molecule has 0 aliphatic carbocycles. The van der Waals surface area contributed by atoms with Gasteiger partial charge in [-0.1, -0.05) is 35.8 Å². The zero-order chi connectivity index (χ0) is 14.8. The van der Waals surface area contributed by atoms with Crippen molar-refractivity contribution in [3.8, 4) is 5.75 Å². The summed E-state index contributed by atoms with van der Waals surface area (Å²) < 4.78 is 6.58. The van der Waals surface area contributed by atoms with Gasteiger partial charge in [0.05, 0.1) is 0 Å². The van der Waals surface area contributed by atoms with E-state index in [0.717, 1.165) is 23.3 Å². The molecule has 0 fully saturated rings. The molecule has 1 amide bonds. The maximum Gasteiger partial charge on any atom is 0.221 e. The summed E-state index contributed by atoms with van der Waals surface area (Å²) in [6.07, 6.45) is 0.504. The fourth-order valence-corrected chi connectivity index (χ4v) is 1.91. The maximum absolute atomic E-state index is 11.5. The summed E-state index contributed by atoms with van der Waals surface area (Å²) in [6, 6.07) is 7.75. The van der Waals surface area contributed by atoms with Crippen molar-refractivity contribution in [1.29, 1.82) is 0 Å². The second-order valence-corrected chi connectivity index (χ2v) is 5.92. The topological polar surface area (TPSA) is 50.4 Å². The fraction of sp³-hybridized carbons (Fsp3) is 0.533. The summed E-state index contributed by atoms with van der Waals surface area (Å²) >= 11 is 3.40. The van der Waals surface area contributed by atoms with Crippen molar-refractivity contribution in [1.82, 2.24) is 10.6 Å². The first-order valence-corrected chi connectivity index (χ1v) is 7.73. The number of hydrogen-bond acceptors (Lipinski definition) is 3. The fourth-order valence-electron chi connectivity index (χ4n) is 1.53. The number of ether oxygens (including phenoxy) is 1. The molecule has 1 aromatic carbocycles. The van der Waals surface area contributed by atoms with Gasteiger partial charge in [-0.15, -0.1) is 0 Å². The van der Waals surface area contributed by atoms with Crippen LogP contribution in [0.3, 0.4) is 0 Å². The van der Waals surface area contributed by atoms with Crippen LogP contribution in [0.4, 0.5) is 0 Å². The number of carbonyl (C=O) groups excluding carboxylic acids is 1. The van der Waals surface area contributed by atoms with Crippen LogP contribution in [0.1, 0.15) is 20.3 Å². The van der Waals surface area contributed by atoms with Crippen molar-refractivity contribution in [2.45, 2.75) is 20.3 Å². The minimum absolute atomic E-state index is 0.0964. The third-order valence-electron chi connectivity index (χ3n) is 2.58. The molecule has 0 spiro atoms. The first-order chi connectivity index (χ1) is 9.58. The van der Waals surface area contributed by atoms with Gasteiger partial charge in [0.15, 0.2) is 0 Å². The van der Waals surface area contributed by atoms with Crippen molar-refractivity contribution < 1.29 is 9.53 Å². The lowest BCUT2D eigenvalue weighted by Gasteiger charge is -2.09. The molecule has 0 aromatic heterocycles. The Kier molecular flexibility index (Phi) is 8.30. The second kappa shape index (κ2) is 9.77. The minimum Gasteiger partial charge on any atom is -0.492 e. The zero-order valence-electron chi connectivity index (χ0n) is 12.1. The average Bonchev–Trinajstić information content (AvgIpc) is 2.40. The van der Waals surface area contributed by atoms with Crippen molar-refractivity contribution in [3.05, 3.63) is 28.7 Å². The Balaban J connectivity index is 2.01. The lowest BCUT2D eigenvalue weighted by atomic mass is 10.2. The van der Waals surface area contributed by atoms with Crippen LogP contribution in [-0.4, -0.2) is 32.1 Å². The van der Waals surface area contributed by atoms with Crippen LogP contribution < -0.4 is 15.4 Å². The van der Waals surface area contributed by atoms with Crippen molar-refractivity contribution in [2.24, 2.45) is 5.92 Å². The summed E-state index contributed by atoms with van der Waals surface area (Å²) in [7, 11) is 0. The lowest BCUT2D eigenvalue weighted by molar-refractivity contribution is -0.121. The zero-order valence-corrected chi connectivity index (χ0v) is 13.7. The van der Waals surface area contributed by atoms with Crippen LogP contribution in [0.25, 0.3) is 0 Å². The highest BCUT2D eigenvalue weighted by Gasteiger charge is 2.01. The molecular formula is C15H23BrN2O2. The van der Waals surface area contributed by atoms with Gasteiger partial charge in [0.2, 0.25) is 5.91 Å². The normalized spacial score (nSPS) is 10.6.